The SMILES string of the molecule is CC1NNC(c2ccc(OCc3cnn(-c4ccccc4)c3)cc2O)C1Oc1ccc(F)cc1. The third kappa shape index (κ3) is 4.73. The monoisotopic (exact) mass is 460 g/mol. The number of ether oxygens (including phenoxy) is 2. The molecule has 34 heavy (non-hydrogen) atoms. The number of halogens is 1. The van der Waals surface area contributed by atoms with Gasteiger partial charge in [-0.25, -0.2) is 14.5 Å². The Morgan fingerprint density at radius 3 is 2.53 bits per heavy atom. The molecule has 0 spiro atoms. The summed E-state index contributed by atoms with van der Waals surface area (Å²) in [5.74, 6) is 0.881. The van der Waals surface area contributed by atoms with Crippen LogP contribution >= 0.6 is 0 Å². The number of nitrogens with zero attached hydrogens (tertiary/aromatic N) is 2. The number of phenolic OH excluding ortho intramolecular Hbond substituents is 1. The lowest BCUT2D eigenvalue weighted by atomic mass is 9.98. The topological polar surface area (TPSA) is 80.6 Å². The number of hydrogen-bond donors (Lipinski definition) is 3. The van der Waals surface area contributed by atoms with Gasteiger partial charge in [0.05, 0.1) is 24.0 Å². The summed E-state index contributed by atoms with van der Waals surface area (Å²) < 4.78 is 27.0. The van der Waals surface area contributed by atoms with E-state index in [-0.39, 0.29) is 29.8 Å². The second-order valence-electron chi connectivity index (χ2n) is 8.23. The minimum Gasteiger partial charge on any atom is -0.507 e. The molecule has 1 saturated heterocycles. The molecule has 0 amide bonds. The lowest BCUT2D eigenvalue weighted by Gasteiger charge is -2.23. The molecule has 8 heteroatoms. The van der Waals surface area contributed by atoms with Crippen LogP contribution in [-0.2, 0) is 6.61 Å². The highest BCUT2D eigenvalue weighted by Gasteiger charge is 2.37. The number of benzene rings is 3. The van der Waals surface area contributed by atoms with Crippen molar-refractivity contribution in [3.8, 4) is 22.9 Å². The van der Waals surface area contributed by atoms with Crippen LogP contribution in [0.5, 0.6) is 17.2 Å². The first kappa shape index (κ1) is 21.9. The van der Waals surface area contributed by atoms with Gasteiger partial charge in [0.2, 0.25) is 0 Å². The van der Waals surface area contributed by atoms with Gasteiger partial charge >= 0.3 is 0 Å². The maximum Gasteiger partial charge on any atom is 0.136 e. The maximum atomic E-state index is 13.2. The van der Waals surface area contributed by atoms with Gasteiger partial charge in [-0.3, -0.25) is 5.43 Å². The number of aromatic hydroxyl groups is 1. The third-order valence-electron chi connectivity index (χ3n) is 5.77. The molecule has 7 nitrogen and oxygen atoms in total. The second kappa shape index (κ2) is 9.54. The van der Waals surface area contributed by atoms with Gasteiger partial charge in [0, 0.05) is 23.4 Å². The Labute approximate surface area is 196 Å². The first-order chi connectivity index (χ1) is 16.6. The Balaban J connectivity index is 1.26. The van der Waals surface area contributed by atoms with Crippen LogP contribution in [0, 0.1) is 5.82 Å². The van der Waals surface area contributed by atoms with Gasteiger partial charge < -0.3 is 14.6 Å². The number of para-hydroxylation sites is 1. The van der Waals surface area contributed by atoms with Crippen molar-refractivity contribution in [2.75, 3.05) is 0 Å². The van der Waals surface area contributed by atoms with Crippen molar-refractivity contribution in [1.82, 2.24) is 20.6 Å². The van der Waals surface area contributed by atoms with Gasteiger partial charge in [-0.1, -0.05) is 18.2 Å². The van der Waals surface area contributed by atoms with Crippen LogP contribution in [0.2, 0.25) is 0 Å². The normalized spacial score (nSPS) is 19.8. The first-order valence-electron chi connectivity index (χ1n) is 11.0. The van der Waals surface area contributed by atoms with Crippen molar-refractivity contribution < 1.29 is 19.0 Å². The zero-order chi connectivity index (χ0) is 23.5. The molecule has 1 aliphatic heterocycles. The van der Waals surface area contributed by atoms with E-state index in [9.17, 15) is 9.50 Å². The predicted octanol–water partition coefficient (Wildman–Crippen LogP) is 4.28. The Kier molecular flexibility index (Phi) is 6.16. The zero-order valence-electron chi connectivity index (χ0n) is 18.6. The van der Waals surface area contributed by atoms with E-state index in [0.717, 1.165) is 11.3 Å². The van der Waals surface area contributed by atoms with E-state index in [2.05, 4.69) is 16.0 Å². The van der Waals surface area contributed by atoms with Gasteiger partial charge in [0.15, 0.2) is 0 Å². The van der Waals surface area contributed by atoms with E-state index in [1.54, 1.807) is 29.1 Å². The van der Waals surface area contributed by atoms with Crippen molar-refractivity contribution in [3.05, 3.63) is 102 Å². The average molecular weight is 461 g/mol. The number of hydrazine groups is 1. The van der Waals surface area contributed by atoms with Crippen molar-refractivity contribution in [2.45, 2.75) is 31.7 Å². The van der Waals surface area contributed by atoms with E-state index in [1.165, 1.54) is 12.1 Å². The Bertz CT molecular complexity index is 1250. The van der Waals surface area contributed by atoms with Gasteiger partial charge in [-0.2, -0.15) is 5.10 Å². The fraction of sp³-hybridized carbons (Fsp3) is 0.192. The third-order valence-corrected chi connectivity index (χ3v) is 5.77. The summed E-state index contributed by atoms with van der Waals surface area (Å²) in [5.41, 5.74) is 8.89. The second-order valence-corrected chi connectivity index (χ2v) is 8.23. The summed E-state index contributed by atoms with van der Waals surface area (Å²) >= 11 is 0. The molecule has 0 bridgehead atoms. The Hall–Kier alpha value is -3.88. The van der Waals surface area contributed by atoms with E-state index < -0.39 is 0 Å². The number of aromatic nitrogens is 2. The molecular formula is C26H25FN4O3. The summed E-state index contributed by atoms with van der Waals surface area (Å²) in [7, 11) is 0. The van der Waals surface area contributed by atoms with Crippen molar-refractivity contribution >= 4 is 0 Å². The molecule has 3 N–H and O–H groups in total. The van der Waals surface area contributed by atoms with Crippen molar-refractivity contribution in [1.29, 1.82) is 0 Å². The number of nitrogens with one attached hydrogen (secondary N) is 2. The van der Waals surface area contributed by atoms with E-state index in [0.29, 0.717) is 23.7 Å². The Morgan fingerprint density at radius 2 is 1.76 bits per heavy atom. The fourth-order valence-corrected chi connectivity index (χ4v) is 3.97. The molecule has 1 aliphatic rings. The summed E-state index contributed by atoms with van der Waals surface area (Å²) in [5, 5.41) is 15.1. The summed E-state index contributed by atoms with van der Waals surface area (Å²) in [6.45, 7) is 2.30. The molecule has 1 aromatic heterocycles. The molecule has 5 rings (SSSR count). The smallest absolute Gasteiger partial charge is 0.136 e. The summed E-state index contributed by atoms with van der Waals surface area (Å²) in [6.07, 6.45) is 3.36. The van der Waals surface area contributed by atoms with E-state index in [1.807, 2.05) is 55.6 Å². The molecule has 3 aromatic carbocycles. The Morgan fingerprint density at radius 1 is 1.00 bits per heavy atom. The van der Waals surface area contributed by atoms with E-state index >= 15 is 0 Å². The maximum absolute atomic E-state index is 13.2. The van der Waals surface area contributed by atoms with Crippen LogP contribution in [0.15, 0.2) is 85.2 Å². The molecule has 0 radical (unpaired) electrons. The van der Waals surface area contributed by atoms with Gasteiger partial charge in [-0.05, 0) is 55.5 Å². The number of phenols is 1. The highest BCUT2D eigenvalue weighted by atomic mass is 19.1. The molecular weight excluding hydrogens is 435 g/mol. The van der Waals surface area contributed by atoms with Crippen LogP contribution < -0.4 is 20.3 Å². The standard InChI is InChI=1S/C26H25FN4O3/c1-17-26(34-21-9-7-19(27)8-10-21)25(30-29-17)23-12-11-22(13-24(23)32)33-16-18-14-28-31(15-18)20-5-3-2-4-6-20/h2-15,17,25-26,29-30,32H,16H2,1H3. The molecule has 3 unspecified atom stereocenters. The molecule has 3 atom stereocenters. The van der Waals surface area contributed by atoms with E-state index in [4.69, 9.17) is 9.47 Å². The summed E-state index contributed by atoms with van der Waals surface area (Å²) in [6, 6.07) is 20.6. The average Bonchev–Trinajstić information content (AvgIpc) is 3.47. The highest BCUT2D eigenvalue weighted by Crippen LogP contribution is 2.34. The first-order valence-corrected chi connectivity index (χ1v) is 11.0. The summed E-state index contributed by atoms with van der Waals surface area (Å²) in [4.78, 5) is 0. The van der Waals surface area contributed by atoms with Crippen molar-refractivity contribution in [2.24, 2.45) is 0 Å². The predicted molar refractivity (Wildman–Crippen MR) is 125 cm³/mol. The minimum absolute atomic E-state index is 0.0356. The quantitative estimate of drug-likeness (QED) is 0.382. The van der Waals surface area contributed by atoms with Gasteiger partial charge in [0.1, 0.15) is 35.8 Å². The molecule has 174 valence electrons. The fourth-order valence-electron chi connectivity index (χ4n) is 3.97. The minimum atomic E-state index is -0.319. The molecule has 0 saturated carbocycles. The van der Waals surface area contributed by atoms with Gasteiger partial charge in [-0.15, -0.1) is 0 Å². The molecule has 0 aliphatic carbocycles. The lowest BCUT2D eigenvalue weighted by Crippen LogP contribution is -2.33. The molecule has 4 aromatic rings. The van der Waals surface area contributed by atoms with Crippen LogP contribution in [0.3, 0.4) is 0 Å². The number of rotatable bonds is 7. The molecule has 2 heterocycles. The van der Waals surface area contributed by atoms with Crippen LogP contribution in [0.4, 0.5) is 4.39 Å². The largest absolute Gasteiger partial charge is 0.507 e. The highest BCUT2D eigenvalue weighted by molar-refractivity contribution is 5.43. The molecule has 1 fully saturated rings. The van der Waals surface area contributed by atoms with Crippen molar-refractivity contribution in [3.63, 3.8) is 0 Å². The van der Waals surface area contributed by atoms with Gasteiger partial charge in [0.25, 0.3) is 0 Å². The van der Waals surface area contributed by atoms with Crippen LogP contribution in [0.25, 0.3) is 5.69 Å². The number of hydrogen-bond acceptors (Lipinski definition) is 6. The van der Waals surface area contributed by atoms with Crippen LogP contribution in [-0.4, -0.2) is 27.0 Å². The van der Waals surface area contributed by atoms with Crippen LogP contribution in [0.1, 0.15) is 24.1 Å². The lowest BCUT2D eigenvalue weighted by molar-refractivity contribution is 0.170. The zero-order valence-corrected chi connectivity index (χ0v) is 18.6.